The third-order valence-electron chi connectivity index (χ3n) is 4.64. The Bertz CT molecular complexity index is 726. The Balaban J connectivity index is 0.00000261. The molecule has 27 heavy (non-hydrogen) atoms. The lowest BCUT2D eigenvalue weighted by molar-refractivity contribution is 0.179. The van der Waals surface area contributed by atoms with Gasteiger partial charge in [-0.3, -0.25) is 9.89 Å². The van der Waals surface area contributed by atoms with Crippen molar-refractivity contribution in [1.82, 2.24) is 9.88 Å². The summed E-state index contributed by atoms with van der Waals surface area (Å²) in [6.07, 6.45) is 2.31. The third kappa shape index (κ3) is 6.93. The standard InChI is InChI=1S/C19H27N5OS.HI/c1-14-22-17(13-26-14)12-24-9-7-15(8-10-24)11-21-19(20)23-16-3-5-18(25-2)6-4-16;/h3-6,13,15H,7-12H2,1-2H3,(H3,20,21,23);1H. The zero-order chi connectivity index (χ0) is 18.4. The SMILES string of the molecule is COc1ccc(NC(N)=NCC2CCN(Cc3csc(C)n3)CC2)cc1.I. The molecule has 0 saturated carbocycles. The van der Waals surface area contributed by atoms with Crippen LogP contribution in [0.2, 0.25) is 0 Å². The van der Waals surface area contributed by atoms with E-state index in [-0.39, 0.29) is 24.0 Å². The van der Waals surface area contributed by atoms with Gasteiger partial charge in [-0.15, -0.1) is 35.3 Å². The number of aromatic nitrogens is 1. The van der Waals surface area contributed by atoms with Gasteiger partial charge in [0.2, 0.25) is 0 Å². The van der Waals surface area contributed by atoms with Gasteiger partial charge >= 0.3 is 0 Å². The average molecular weight is 501 g/mol. The number of methoxy groups -OCH3 is 1. The van der Waals surface area contributed by atoms with Crippen LogP contribution >= 0.6 is 35.3 Å². The molecule has 0 bridgehead atoms. The van der Waals surface area contributed by atoms with Crippen LogP contribution in [-0.4, -0.2) is 42.6 Å². The second kappa shape index (κ2) is 10.8. The lowest BCUT2D eigenvalue weighted by atomic mass is 9.97. The highest BCUT2D eigenvalue weighted by atomic mass is 127. The Labute approximate surface area is 182 Å². The summed E-state index contributed by atoms with van der Waals surface area (Å²) in [7, 11) is 1.65. The molecule has 3 rings (SSSR count). The molecule has 1 aliphatic heterocycles. The number of nitrogens with zero attached hydrogens (tertiary/aromatic N) is 3. The number of nitrogens with two attached hydrogens (primary N) is 1. The Morgan fingerprint density at radius 2 is 2.04 bits per heavy atom. The van der Waals surface area contributed by atoms with E-state index in [1.54, 1.807) is 18.4 Å². The van der Waals surface area contributed by atoms with Gasteiger partial charge in [-0.25, -0.2) is 4.98 Å². The predicted octanol–water partition coefficient (Wildman–Crippen LogP) is 3.72. The van der Waals surface area contributed by atoms with E-state index in [0.29, 0.717) is 11.9 Å². The highest BCUT2D eigenvalue weighted by Gasteiger charge is 2.19. The lowest BCUT2D eigenvalue weighted by Crippen LogP contribution is -2.34. The van der Waals surface area contributed by atoms with Crippen molar-refractivity contribution in [3.8, 4) is 5.75 Å². The molecule has 3 N–H and O–H groups in total. The number of aliphatic imine (C=N–C) groups is 1. The molecule has 2 aromatic rings. The molecule has 1 fully saturated rings. The first-order valence-electron chi connectivity index (χ1n) is 8.96. The van der Waals surface area contributed by atoms with Crippen LogP contribution in [0.3, 0.4) is 0 Å². The number of hydrogen-bond donors (Lipinski definition) is 2. The van der Waals surface area contributed by atoms with E-state index >= 15 is 0 Å². The fourth-order valence-electron chi connectivity index (χ4n) is 3.13. The minimum absolute atomic E-state index is 0. The average Bonchev–Trinajstić information content (AvgIpc) is 3.06. The number of thiazole rings is 1. The molecular formula is C19H28IN5OS. The number of rotatable bonds is 6. The Morgan fingerprint density at radius 3 is 2.63 bits per heavy atom. The summed E-state index contributed by atoms with van der Waals surface area (Å²) in [6, 6.07) is 7.66. The van der Waals surface area contributed by atoms with Crippen LogP contribution in [-0.2, 0) is 6.54 Å². The van der Waals surface area contributed by atoms with E-state index in [2.05, 4.69) is 32.5 Å². The van der Waals surface area contributed by atoms with Crippen molar-refractivity contribution in [2.24, 2.45) is 16.6 Å². The van der Waals surface area contributed by atoms with Crippen molar-refractivity contribution >= 4 is 47.0 Å². The van der Waals surface area contributed by atoms with Gasteiger partial charge in [0.25, 0.3) is 0 Å². The number of hydrogen-bond acceptors (Lipinski definition) is 5. The van der Waals surface area contributed by atoms with E-state index < -0.39 is 0 Å². The Hall–Kier alpha value is -1.39. The van der Waals surface area contributed by atoms with Crippen molar-refractivity contribution in [1.29, 1.82) is 0 Å². The van der Waals surface area contributed by atoms with Crippen LogP contribution in [0.15, 0.2) is 34.6 Å². The van der Waals surface area contributed by atoms with Crippen molar-refractivity contribution in [3.05, 3.63) is 40.3 Å². The van der Waals surface area contributed by atoms with Crippen LogP contribution in [0.25, 0.3) is 0 Å². The normalized spacial score (nSPS) is 16.0. The first kappa shape index (κ1) is 21.9. The molecule has 1 aromatic carbocycles. The number of benzene rings is 1. The summed E-state index contributed by atoms with van der Waals surface area (Å²) in [4.78, 5) is 11.6. The summed E-state index contributed by atoms with van der Waals surface area (Å²) in [5, 5.41) is 6.44. The molecule has 0 unspecified atom stereocenters. The smallest absolute Gasteiger partial charge is 0.193 e. The summed E-state index contributed by atoms with van der Waals surface area (Å²) < 4.78 is 5.15. The maximum absolute atomic E-state index is 6.02. The van der Waals surface area contributed by atoms with Crippen LogP contribution in [0.4, 0.5) is 5.69 Å². The maximum Gasteiger partial charge on any atom is 0.193 e. The molecule has 0 atom stereocenters. The predicted molar refractivity (Wildman–Crippen MR) is 123 cm³/mol. The van der Waals surface area contributed by atoms with Crippen LogP contribution < -0.4 is 15.8 Å². The van der Waals surface area contributed by atoms with Crippen LogP contribution in [0.5, 0.6) is 5.75 Å². The van der Waals surface area contributed by atoms with E-state index in [1.807, 2.05) is 24.3 Å². The van der Waals surface area contributed by atoms with Gasteiger partial charge in [0.05, 0.1) is 17.8 Å². The molecule has 2 heterocycles. The molecule has 1 saturated heterocycles. The first-order chi connectivity index (χ1) is 12.6. The lowest BCUT2D eigenvalue weighted by Gasteiger charge is -2.30. The Morgan fingerprint density at radius 1 is 1.33 bits per heavy atom. The van der Waals surface area contributed by atoms with Gasteiger partial charge < -0.3 is 15.8 Å². The maximum atomic E-state index is 6.02. The molecule has 0 spiro atoms. The molecule has 1 aromatic heterocycles. The second-order valence-corrected chi connectivity index (χ2v) is 7.72. The van der Waals surface area contributed by atoms with Gasteiger partial charge in [-0.2, -0.15) is 0 Å². The minimum Gasteiger partial charge on any atom is -0.497 e. The molecule has 148 valence electrons. The molecule has 6 nitrogen and oxygen atoms in total. The van der Waals surface area contributed by atoms with Crippen molar-refractivity contribution in [3.63, 3.8) is 0 Å². The largest absolute Gasteiger partial charge is 0.497 e. The van der Waals surface area contributed by atoms with Crippen molar-refractivity contribution < 1.29 is 4.74 Å². The number of halogens is 1. The molecule has 8 heteroatoms. The fourth-order valence-corrected chi connectivity index (χ4v) is 3.73. The highest BCUT2D eigenvalue weighted by molar-refractivity contribution is 14.0. The minimum atomic E-state index is 0. The molecular weight excluding hydrogens is 473 g/mol. The summed E-state index contributed by atoms with van der Waals surface area (Å²) in [5.74, 6) is 1.89. The summed E-state index contributed by atoms with van der Waals surface area (Å²) in [6.45, 7) is 5.99. The fraction of sp³-hybridized carbons (Fsp3) is 0.474. The zero-order valence-corrected chi connectivity index (χ0v) is 19.0. The van der Waals surface area contributed by atoms with E-state index in [9.17, 15) is 0 Å². The monoisotopic (exact) mass is 501 g/mol. The van der Waals surface area contributed by atoms with Gasteiger partial charge in [0.1, 0.15) is 5.75 Å². The van der Waals surface area contributed by atoms with Crippen LogP contribution in [0.1, 0.15) is 23.5 Å². The third-order valence-corrected chi connectivity index (χ3v) is 5.46. The number of ether oxygens (including phenoxy) is 1. The number of aryl methyl sites for hydroxylation is 1. The molecule has 1 aliphatic rings. The number of likely N-dealkylation sites (tertiary alicyclic amines) is 1. The first-order valence-corrected chi connectivity index (χ1v) is 9.84. The summed E-state index contributed by atoms with van der Waals surface area (Å²) >= 11 is 1.72. The van der Waals surface area contributed by atoms with Crippen LogP contribution in [0, 0.1) is 12.8 Å². The van der Waals surface area contributed by atoms with E-state index in [4.69, 9.17) is 10.5 Å². The van der Waals surface area contributed by atoms with E-state index in [1.165, 1.54) is 5.69 Å². The van der Waals surface area contributed by atoms with Crippen molar-refractivity contribution in [2.75, 3.05) is 32.1 Å². The number of guanidine groups is 1. The highest BCUT2D eigenvalue weighted by Crippen LogP contribution is 2.20. The zero-order valence-electron chi connectivity index (χ0n) is 15.9. The number of anilines is 1. The number of piperidine rings is 1. The number of nitrogens with one attached hydrogen (secondary N) is 1. The van der Waals surface area contributed by atoms with Crippen molar-refractivity contribution in [2.45, 2.75) is 26.3 Å². The second-order valence-electron chi connectivity index (χ2n) is 6.66. The van der Waals surface area contributed by atoms with Gasteiger partial charge in [-0.1, -0.05) is 0 Å². The van der Waals surface area contributed by atoms with E-state index in [0.717, 1.165) is 55.5 Å². The quantitative estimate of drug-likeness (QED) is 0.359. The molecule has 0 aliphatic carbocycles. The van der Waals surface area contributed by atoms with Gasteiger partial charge in [0, 0.05) is 24.2 Å². The molecule has 0 amide bonds. The molecule has 0 radical (unpaired) electrons. The van der Waals surface area contributed by atoms with Gasteiger partial charge in [0.15, 0.2) is 5.96 Å². The Kier molecular flexibility index (Phi) is 8.78. The summed E-state index contributed by atoms with van der Waals surface area (Å²) in [5.41, 5.74) is 8.12. The van der Waals surface area contributed by atoms with Gasteiger partial charge in [-0.05, 0) is 63.0 Å². The topological polar surface area (TPSA) is 75.8 Å².